The van der Waals surface area contributed by atoms with E-state index < -0.39 is 5.91 Å². The van der Waals surface area contributed by atoms with Crippen molar-refractivity contribution in [3.63, 3.8) is 0 Å². The Balaban J connectivity index is 2.28. The van der Waals surface area contributed by atoms with Crippen LogP contribution in [0.2, 0.25) is 0 Å². The van der Waals surface area contributed by atoms with E-state index in [0.717, 1.165) is 16.5 Å². The summed E-state index contributed by atoms with van der Waals surface area (Å²) in [5.41, 5.74) is 14.8. The van der Waals surface area contributed by atoms with Gasteiger partial charge in [0.2, 0.25) is 0 Å². The predicted octanol–water partition coefficient (Wildman–Crippen LogP) is 4.25. The molecule has 0 bridgehead atoms. The van der Waals surface area contributed by atoms with Crippen LogP contribution in [0.15, 0.2) is 59.6 Å². The Kier molecular flexibility index (Phi) is 5.18. The summed E-state index contributed by atoms with van der Waals surface area (Å²) in [6.45, 7) is 8.83. The number of aliphatic imine (C=N–C) groups is 1. The number of carbonyl (C=O) groups excluding carboxylic acids is 1. The number of fused-ring (bicyclic) bond motifs is 1. The first-order valence-corrected chi connectivity index (χ1v) is 9.35. The minimum absolute atomic E-state index is 0.0252. The summed E-state index contributed by atoms with van der Waals surface area (Å²) in [6.07, 6.45) is 0. The van der Waals surface area contributed by atoms with E-state index in [0.29, 0.717) is 17.2 Å². The molecule has 0 atom stereocenters. The van der Waals surface area contributed by atoms with E-state index in [1.165, 1.54) is 5.56 Å². The molecule has 3 aromatic rings. The topological polar surface area (TPSA) is 94.4 Å². The number of pyridine rings is 1. The summed E-state index contributed by atoms with van der Waals surface area (Å²) in [6, 6.07) is 17.6. The van der Waals surface area contributed by atoms with Crippen molar-refractivity contribution in [2.75, 3.05) is 0 Å². The minimum Gasteiger partial charge on any atom is -0.370 e. The summed E-state index contributed by atoms with van der Waals surface area (Å²) in [7, 11) is 0. The summed E-state index contributed by atoms with van der Waals surface area (Å²) < 4.78 is 0. The molecule has 0 unspecified atom stereocenters. The molecular formula is C23H26N4O. The number of nitrogens with two attached hydrogens (primary N) is 2. The van der Waals surface area contributed by atoms with Crippen LogP contribution in [0.4, 0.5) is 0 Å². The molecule has 5 heteroatoms. The van der Waals surface area contributed by atoms with Gasteiger partial charge in [-0.05, 0) is 29.0 Å². The number of amides is 1. The number of rotatable bonds is 4. The highest BCUT2D eigenvalue weighted by molar-refractivity contribution is 6.10. The molecule has 0 radical (unpaired) electrons. The van der Waals surface area contributed by atoms with Crippen LogP contribution in [-0.4, -0.2) is 16.9 Å². The van der Waals surface area contributed by atoms with Crippen LogP contribution in [-0.2, 0) is 5.41 Å². The van der Waals surface area contributed by atoms with Crippen molar-refractivity contribution < 1.29 is 4.79 Å². The van der Waals surface area contributed by atoms with Crippen molar-refractivity contribution in [2.45, 2.75) is 33.1 Å². The summed E-state index contributed by atoms with van der Waals surface area (Å²) in [5, 5.41) is 0.734. The lowest BCUT2D eigenvalue weighted by Gasteiger charge is -2.30. The lowest BCUT2D eigenvalue weighted by Crippen LogP contribution is -2.24. The van der Waals surface area contributed by atoms with Crippen molar-refractivity contribution in [2.24, 2.45) is 22.4 Å². The standard InChI is InChI=1S/C23H26N4O/c1-14(2)23(3,4)16-10-11-17-18(21(28)27-22(24)25)13-19(26-20(17)12-16)15-8-6-5-7-9-15/h5-14H,1-4H3,(H4,24,25,27,28). The van der Waals surface area contributed by atoms with Gasteiger partial charge in [-0.3, -0.25) is 4.79 Å². The average Bonchev–Trinajstić information content (AvgIpc) is 2.66. The van der Waals surface area contributed by atoms with E-state index in [1.807, 2.05) is 36.4 Å². The lowest BCUT2D eigenvalue weighted by atomic mass is 9.75. The zero-order valence-corrected chi connectivity index (χ0v) is 16.7. The Bertz CT molecular complexity index is 1050. The second-order valence-corrected chi connectivity index (χ2v) is 7.87. The third-order valence-corrected chi connectivity index (χ3v) is 5.53. The van der Waals surface area contributed by atoms with Gasteiger partial charge in [-0.15, -0.1) is 0 Å². The highest BCUT2D eigenvalue weighted by atomic mass is 16.1. The number of guanidine groups is 1. The normalized spacial score (nSPS) is 11.6. The number of nitrogens with zero attached hydrogens (tertiary/aromatic N) is 2. The Hall–Kier alpha value is -3.21. The molecule has 0 aliphatic carbocycles. The molecule has 0 aliphatic heterocycles. The van der Waals surface area contributed by atoms with Gasteiger partial charge in [0.25, 0.3) is 5.91 Å². The quantitative estimate of drug-likeness (QED) is 0.527. The maximum absolute atomic E-state index is 12.7. The molecule has 0 spiro atoms. The monoisotopic (exact) mass is 374 g/mol. The van der Waals surface area contributed by atoms with Gasteiger partial charge < -0.3 is 11.5 Å². The van der Waals surface area contributed by atoms with Crippen LogP contribution < -0.4 is 11.5 Å². The molecule has 144 valence electrons. The zero-order chi connectivity index (χ0) is 20.5. The van der Waals surface area contributed by atoms with E-state index in [2.05, 4.69) is 44.8 Å². The number of hydrogen-bond acceptors (Lipinski definition) is 2. The Labute approximate surface area is 165 Å². The SMILES string of the molecule is CC(C)C(C)(C)c1ccc2c(C(=O)N=C(N)N)cc(-c3ccccc3)nc2c1. The van der Waals surface area contributed by atoms with Gasteiger partial charge in [0.15, 0.2) is 5.96 Å². The molecular weight excluding hydrogens is 348 g/mol. The van der Waals surface area contributed by atoms with E-state index >= 15 is 0 Å². The second-order valence-electron chi connectivity index (χ2n) is 7.87. The van der Waals surface area contributed by atoms with Crippen LogP contribution in [0.25, 0.3) is 22.2 Å². The van der Waals surface area contributed by atoms with Gasteiger partial charge in [-0.2, -0.15) is 4.99 Å². The molecule has 5 nitrogen and oxygen atoms in total. The van der Waals surface area contributed by atoms with Crippen molar-refractivity contribution in [3.8, 4) is 11.3 Å². The Morgan fingerprint density at radius 3 is 2.32 bits per heavy atom. The van der Waals surface area contributed by atoms with Crippen LogP contribution in [0.3, 0.4) is 0 Å². The molecule has 1 amide bonds. The largest absolute Gasteiger partial charge is 0.370 e. The van der Waals surface area contributed by atoms with E-state index in [9.17, 15) is 4.79 Å². The third kappa shape index (κ3) is 3.74. The van der Waals surface area contributed by atoms with E-state index in [1.54, 1.807) is 6.07 Å². The summed E-state index contributed by atoms with van der Waals surface area (Å²) in [4.78, 5) is 21.2. The number of hydrogen-bond donors (Lipinski definition) is 2. The molecule has 2 aromatic carbocycles. The average molecular weight is 374 g/mol. The fourth-order valence-electron chi connectivity index (χ4n) is 3.07. The first-order chi connectivity index (χ1) is 13.2. The Morgan fingerprint density at radius 1 is 1.04 bits per heavy atom. The molecule has 1 aromatic heterocycles. The van der Waals surface area contributed by atoms with E-state index in [4.69, 9.17) is 16.5 Å². The van der Waals surface area contributed by atoms with Gasteiger partial charge >= 0.3 is 0 Å². The molecule has 0 saturated heterocycles. The maximum Gasteiger partial charge on any atom is 0.280 e. The van der Waals surface area contributed by atoms with Crippen LogP contribution in [0.5, 0.6) is 0 Å². The highest BCUT2D eigenvalue weighted by Crippen LogP contribution is 2.34. The zero-order valence-electron chi connectivity index (χ0n) is 16.7. The van der Waals surface area contributed by atoms with Crippen LogP contribution in [0, 0.1) is 5.92 Å². The fourth-order valence-corrected chi connectivity index (χ4v) is 3.07. The first kappa shape index (κ1) is 19.5. The molecule has 1 heterocycles. The summed E-state index contributed by atoms with van der Waals surface area (Å²) in [5.74, 6) is -0.278. The molecule has 0 saturated carbocycles. The van der Waals surface area contributed by atoms with Gasteiger partial charge in [0.1, 0.15) is 0 Å². The maximum atomic E-state index is 12.7. The Morgan fingerprint density at radius 2 is 1.71 bits per heavy atom. The van der Waals surface area contributed by atoms with Crippen LogP contribution >= 0.6 is 0 Å². The number of benzene rings is 2. The van der Waals surface area contributed by atoms with Crippen LogP contribution in [0.1, 0.15) is 43.6 Å². The number of aromatic nitrogens is 1. The van der Waals surface area contributed by atoms with Gasteiger partial charge in [-0.1, -0.05) is 70.2 Å². The second kappa shape index (κ2) is 7.43. The fraction of sp³-hybridized carbons (Fsp3) is 0.261. The lowest BCUT2D eigenvalue weighted by molar-refractivity contribution is 0.100. The molecule has 3 rings (SSSR count). The molecule has 28 heavy (non-hydrogen) atoms. The van der Waals surface area contributed by atoms with Crippen molar-refractivity contribution in [1.29, 1.82) is 0 Å². The molecule has 4 N–H and O–H groups in total. The number of carbonyl (C=O) groups is 1. The van der Waals surface area contributed by atoms with Gasteiger partial charge in [-0.25, -0.2) is 4.98 Å². The van der Waals surface area contributed by atoms with Gasteiger partial charge in [0.05, 0.1) is 16.8 Å². The minimum atomic E-state index is -0.472. The van der Waals surface area contributed by atoms with Gasteiger partial charge in [0, 0.05) is 10.9 Å². The smallest absolute Gasteiger partial charge is 0.280 e. The van der Waals surface area contributed by atoms with Crippen molar-refractivity contribution in [3.05, 3.63) is 65.7 Å². The summed E-state index contributed by atoms with van der Waals surface area (Å²) >= 11 is 0. The van der Waals surface area contributed by atoms with Crippen molar-refractivity contribution in [1.82, 2.24) is 4.98 Å². The van der Waals surface area contributed by atoms with Crippen molar-refractivity contribution >= 4 is 22.8 Å². The highest BCUT2D eigenvalue weighted by Gasteiger charge is 2.25. The molecule has 0 aliphatic rings. The third-order valence-electron chi connectivity index (χ3n) is 5.53. The molecule has 0 fully saturated rings. The predicted molar refractivity (Wildman–Crippen MR) is 115 cm³/mol. The van der Waals surface area contributed by atoms with E-state index in [-0.39, 0.29) is 11.4 Å². The first-order valence-electron chi connectivity index (χ1n) is 9.35.